The van der Waals surface area contributed by atoms with Crippen LogP contribution in [0.4, 0.5) is 30.2 Å². The van der Waals surface area contributed by atoms with Crippen molar-refractivity contribution in [2.45, 2.75) is 19.7 Å². The Morgan fingerprint density at radius 2 is 1.88 bits per heavy atom. The van der Waals surface area contributed by atoms with E-state index in [4.69, 9.17) is 0 Å². The first-order chi connectivity index (χ1) is 11.8. The lowest BCUT2D eigenvalue weighted by Crippen LogP contribution is -2.19. The third-order valence-corrected chi connectivity index (χ3v) is 4.18. The molecule has 0 spiro atoms. The monoisotopic (exact) mass is 414 g/mol. The van der Waals surface area contributed by atoms with Crippen LogP contribution in [0.1, 0.15) is 23.7 Å². The number of amides is 1. The zero-order valence-electron chi connectivity index (χ0n) is 13.2. The lowest BCUT2D eigenvalue weighted by Gasteiger charge is -2.26. The number of hydrogen-bond donors (Lipinski definition) is 1. The highest BCUT2D eigenvalue weighted by molar-refractivity contribution is 9.10. The molecule has 2 aromatic carbocycles. The summed E-state index contributed by atoms with van der Waals surface area (Å²) < 4.78 is 42.1. The molecule has 25 heavy (non-hydrogen) atoms. The molecule has 1 amide bonds. The first-order valence-corrected chi connectivity index (χ1v) is 8.36. The molecule has 0 saturated carbocycles. The molecule has 0 aromatic heterocycles. The summed E-state index contributed by atoms with van der Waals surface area (Å²) in [7, 11) is 0. The first-order valence-electron chi connectivity index (χ1n) is 7.56. The van der Waals surface area contributed by atoms with Gasteiger partial charge in [-0.25, -0.2) is 0 Å². The molecule has 0 saturated heterocycles. The molecule has 0 radical (unpaired) electrons. The summed E-state index contributed by atoms with van der Waals surface area (Å²) in [5.74, 6) is -0.768. The van der Waals surface area contributed by atoms with E-state index in [2.05, 4.69) is 26.0 Å². The fourth-order valence-electron chi connectivity index (χ4n) is 2.76. The maximum atomic E-state index is 12.5. The lowest BCUT2D eigenvalue weighted by molar-refractivity contribution is -0.274. The topological polar surface area (TPSA) is 41.6 Å². The van der Waals surface area contributed by atoms with Crippen molar-refractivity contribution in [3.63, 3.8) is 0 Å². The van der Waals surface area contributed by atoms with Gasteiger partial charge in [0.05, 0.1) is 22.6 Å². The van der Waals surface area contributed by atoms with E-state index in [-0.39, 0.29) is 17.3 Å². The Bertz CT molecular complexity index is 824. The number of halogens is 4. The average Bonchev–Trinajstić information content (AvgIpc) is 2.62. The number of ether oxygens (including phenoxy) is 1. The molecular formula is C17H14BrF3N2O2. The van der Waals surface area contributed by atoms with Crippen LogP contribution in [0.3, 0.4) is 0 Å². The zero-order chi connectivity index (χ0) is 18.2. The van der Waals surface area contributed by atoms with E-state index in [9.17, 15) is 18.0 Å². The number of benzene rings is 2. The lowest BCUT2D eigenvalue weighted by atomic mass is 10.1. The second kappa shape index (κ2) is 6.59. The Morgan fingerprint density at radius 3 is 2.56 bits per heavy atom. The van der Waals surface area contributed by atoms with E-state index in [1.807, 2.05) is 24.0 Å². The number of hydrogen-bond acceptors (Lipinski definition) is 3. The van der Waals surface area contributed by atoms with E-state index < -0.39 is 6.36 Å². The molecule has 132 valence electrons. The molecule has 0 aliphatic carbocycles. The van der Waals surface area contributed by atoms with Crippen LogP contribution in [0.5, 0.6) is 5.75 Å². The van der Waals surface area contributed by atoms with Crippen LogP contribution >= 0.6 is 15.9 Å². The second-order valence-corrected chi connectivity index (χ2v) is 6.41. The third-order valence-electron chi connectivity index (χ3n) is 3.68. The molecule has 1 heterocycles. The normalized spacial score (nSPS) is 13.6. The Balaban J connectivity index is 2.11. The summed E-state index contributed by atoms with van der Waals surface area (Å²) in [6.45, 7) is 2.59. The van der Waals surface area contributed by atoms with Crippen molar-refractivity contribution in [2.24, 2.45) is 0 Å². The first kappa shape index (κ1) is 17.6. The van der Waals surface area contributed by atoms with Gasteiger partial charge in [-0.2, -0.15) is 0 Å². The number of nitrogens with zero attached hydrogens (tertiary/aromatic N) is 1. The summed E-state index contributed by atoms with van der Waals surface area (Å²) in [5.41, 5.74) is 2.03. The van der Waals surface area contributed by atoms with Gasteiger partial charge < -0.3 is 15.0 Å². The van der Waals surface area contributed by atoms with Crippen LogP contribution in [-0.2, 0) is 0 Å². The molecule has 0 unspecified atom stereocenters. The minimum absolute atomic E-state index is 0.271. The van der Waals surface area contributed by atoms with Crippen LogP contribution in [0.2, 0.25) is 0 Å². The van der Waals surface area contributed by atoms with Crippen molar-refractivity contribution < 1.29 is 22.7 Å². The number of fused-ring (bicyclic) bond motifs is 2. The van der Waals surface area contributed by atoms with Crippen LogP contribution in [0.15, 0.2) is 40.9 Å². The Morgan fingerprint density at radius 1 is 1.16 bits per heavy atom. The number of rotatable bonds is 3. The van der Waals surface area contributed by atoms with E-state index >= 15 is 0 Å². The van der Waals surface area contributed by atoms with Crippen LogP contribution < -0.4 is 15.0 Å². The minimum atomic E-state index is -4.79. The SMILES string of the molecule is CCCN1c2ccc(OC(F)(F)F)cc2NC(=O)c2cc(Br)ccc21. The van der Waals surface area contributed by atoms with E-state index in [0.29, 0.717) is 23.5 Å². The summed E-state index contributed by atoms with van der Waals surface area (Å²) >= 11 is 3.34. The van der Waals surface area contributed by atoms with E-state index in [0.717, 1.165) is 10.9 Å². The largest absolute Gasteiger partial charge is 0.573 e. The second-order valence-electron chi connectivity index (χ2n) is 5.49. The molecule has 1 N–H and O–H groups in total. The number of anilines is 3. The van der Waals surface area contributed by atoms with E-state index in [1.165, 1.54) is 18.2 Å². The Labute approximate surface area is 150 Å². The molecule has 0 bridgehead atoms. The number of nitrogens with one attached hydrogen (secondary N) is 1. The standard InChI is InChI=1S/C17H14BrF3N2O2/c1-2-7-23-14-5-3-10(18)8-12(14)16(24)22-13-9-11(4-6-15(13)23)25-17(19,20)21/h3-6,8-9H,2,7H2,1H3,(H,22,24). The van der Waals surface area contributed by atoms with Gasteiger partial charge in [0.1, 0.15) is 5.75 Å². The summed E-state index contributed by atoms with van der Waals surface area (Å²) in [6.07, 6.45) is -4.00. The molecule has 0 atom stereocenters. The van der Waals surface area contributed by atoms with Crippen molar-refractivity contribution in [3.8, 4) is 5.75 Å². The maximum Gasteiger partial charge on any atom is 0.573 e. The Hall–Kier alpha value is -2.22. The highest BCUT2D eigenvalue weighted by Gasteiger charge is 2.32. The predicted octanol–water partition coefficient (Wildman–Crippen LogP) is 5.46. The smallest absolute Gasteiger partial charge is 0.406 e. The summed E-state index contributed by atoms with van der Waals surface area (Å²) in [5, 5.41) is 2.67. The van der Waals surface area contributed by atoms with Gasteiger partial charge in [0.2, 0.25) is 0 Å². The average molecular weight is 415 g/mol. The third kappa shape index (κ3) is 3.73. The fourth-order valence-corrected chi connectivity index (χ4v) is 3.12. The molecule has 1 aliphatic heterocycles. The van der Waals surface area contributed by atoms with Gasteiger partial charge in [-0.05, 0) is 36.8 Å². The van der Waals surface area contributed by atoms with Crippen LogP contribution in [0, 0.1) is 0 Å². The van der Waals surface area contributed by atoms with Crippen molar-refractivity contribution in [2.75, 3.05) is 16.8 Å². The van der Waals surface area contributed by atoms with Crippen molar-refractivity contribution >= 4 is 38.9 Å². The van der Waals surface area contributed by atoms with Gasteiger partial charge in [0.15, 0.2) is 0 Å². The summed E-state index contributed by atoms with van der Waals surface area (Å²) in [4.78, 5) is 14.5. The van der Waals surface area contributed by atoms with Gasteiger partial charge in [-0.15, -0.1) is 13.2 Å². The van der Waals surface area contributed by atoms with Crippen LogP contribution in [0.25, 0.3) is 0 Å². The molecule has 8 heteroatoms. The number of carbonyl (C=O) groups is 1. The Kier molecular flexibility index (Phi) is 4.64. The van der Waals surface area contributed by atoms with Gasteiger partial charge in [0.25, 0.3) is 5.91 Å². The van der Waals surface area contributed by atoms with E-state index in [1.54, 1.807) is 6.07 Å². The van der Waals surface area contributed by atoms with Gasteiger partial charge in [-0.3, -0.25) is 4.79 Å². The number of carbonyl (C=O) groups excluding carboxylic acids is 1. The molecule has 0 fully saturated rings. The highest BCUT2D eigenvalue weighted by Crippen LogP contribution is 2.41. The minimum Gasteiger partial charge on any atom is -0.406 e. The molecule has 3 rings (SSSR count). The van der Waals surface area contributed by atoms with Crippen LogP contribution in [-0.4, -0.2) is 18.8 Å². The number of alkyl halides is 3. The predicted molar refractivity (Wildman–Crippen MR) is 92.5 cm³/mol. The summed E-state index contributed by atoms with van der Waals surface area (Å²) in [6, 6.07) is 9.26. The molecule has 1 aliphatic rings. The highest BCUT2D eigenvalue weighted by atomic mass is 79.9. The van der Waals surface area contributed by atoms with Crippen molar-refractivity contribution in [1.82, 2.24) is 0 Å². The van der Waals surface area contributed by atoms with Gasteiger partial charge in [-0.1, -0.05) is 22.9 Å². The molecule has 4 nitrogen and oxygen atoms in total. The van der Waals surface area contributed by atoms with Gasteiger partial charge >= 0.3 is 6.36 Å². The molecule has 2 aromatic rings. The van der Waals surface area contributed by atoms with Crippen molar-refractivity contribution in [1.29, 1.82) is 0 Å². The zero-order valence-corrected chi connectivity index (χ0v) is 14.7. The quantitative estimate of drug-likeness (QED) is 0.724. The molecular weight excluding hydrogens is 401 g/mol. The fraction of sp³-hybridized carbons (Fsp3) is 0.235. The van der Waals surface area contributed by atoms with Gasteiger partial charge in [0, 0.05) is 17.1 Å². The van der Waals surface area contributed by atoms with Crippen molar-refractivity contribution in [3.05, 3.63) is 46.4 Å². The maximum absolute atomic E-state index is 12.5.